The molecule has 2 aromatic rings. The summed E-state index contributed by atoms with van der Waals surface area (Å²) in [5.41, 5.74) is 2.34. The van der Waals surface area contributed by atoms with Crippen molar-refractivity contribution in [3.63, 3.8) is 0 Å². The molecule has 1 amide bonds. The van der Waals surface area contributed by atoms with E-state index in [1.54, 1.807) is 18.2 Å². The fourth-order valence-corrected chi connectivity index (χ4v) is 5.57. The van der Waals surface area contributed by atoms with Crippen LogP contribution in [-0.4, -0.2) is 26.0 Å². The number of nitrogens with one attached hydrogen (secondary N) is 1. The molecule has 0 aliphatic rings. The van der Waals surface area contributed by atoms with E-state index >= 15 is 0 Å². The number of ether oxygens (including phenoxy) is 1. The van der Waals surface area contributed by atoms with Gasteiger partial charge in [0.25, 0.3) is 0 Å². The molecule has 0 bridgehead atoms. The molecule has 0 radical (unpaired) electrons. The lowest BCUT2D eigenvalue weighted by Crippen LogP contribution is -2.30. The van der Waals surface area contributed by atoms with Gasteiger partial charge in [-0.1, -0.05) is 120 Å². The van der Waals surface area contributed by atoms with E-state index in [-0.39, 0.29) is 12.1 Å². The van der Waals surface area contributed by atoms with E-state index < -0.39 is 14.9 Å². The van der Waals surface area contributed by atoms with Crippen molar-refractivity contribution in [3.05, 3.63) is 65.2 Å². The summed E-state index contributed by atoms with van der Waals surface area (Å²) in [6.07, 6.45) is 19.6. The Hall–Kier alpha value is -2.68. The molecule has 236 valence electrons. The number of benzene rings is 2. The summed E-state index contributed by atoms with van der Waals surface area (Å²) >= 11 is 0. The zero-order valence-corrected chi connectivity index (χ0v) is 27.4. The summed E-state index contributed by atoms with van der Waals surface area (Å²) in [5, 5.41) is 2.91. The molecule has 0 aromatic heterocycles. The summed E-state index contributed by atoms with van der Waals surface area (Å²) in [6.45, 7) is 5.09. The molecule has 7 nitrogen and oxygen atoms in total. The maximum absolute atomic E-state index is 12.9. The number of rotatable bonds is 20. The molecule has 0 spiro atoms. The molecule has 0 fully saturated rings. The van der Waals surface area contributed by atoms with Crippen LogP contribution in [0.15, 0.2) is 48.5 Å². The average molecular weight is 603 g/mol. The Bertz CT molecular complexity index is 1190. The summed E-state index contributed by atoms with van der Waals surface area (Å²) < 4.78 is 40.7. The van der Waals surface area contributed by atoms with E-state index in [1.165, 1.54) is 91.2 Å². The Morgan fingerprint density at radius 3 is 1.88 bits per heavy atom. The first-order valence-electron chi connectivity index (χ1n) is 15.3. The van der Waals surface area contributed by atoms with Crippen LogP contribution in [0.4, 0.5) is 5.69 Å². The molecule has 2 rings (SSSR count). The number of quaternary nitrogens is 1. The monoisotopic (exact) mass is 602 g/mol. The van der Waals surface area contributed by atoms with Gasteiger partial charge < -0.3 is 20.8 Å². The molecule has 0 aliphatic carbocycles. The van der Waals surface area contributed by atoms with E-state index in [4.69, 9.17) is 4.74 Å². The third-order valence-electron chi connectivity index (χ3n) is 7.77. The van der Waals surface area contributed by atoms with Crippen molar-refractivity contribution in [1.29, 1.82) is 0 Å². The zero-order chi connectivity index (χ0) is 30.1. The van der Waals surface area contributed by atoms with E-state index in [1.807, 2.05) is 30.3 Å². The van der Waals surface area contributed by atoms with Gasteiger partial charge in [0.2, 0.25) is 5.91 Å². The van der Waals surface area contributed by atoms with Gasteiger partial charge >= 0.3 is 0 Å². The summed E-state index contributed by atoms with van der Waals surface area (Å²) in [7, 11) is -3.15. The number of carbonyl (C=O) groups excluding carboxylic acids is 1. The highest BCUT2D eigenvalue weighted by Crippen LogP contribution is 2.40. The maximum Gasteiger partial charge on any atom is 0.248 e. The van der Waals surface area contributed by atoms with Crippen LogP contribution in [0.5, 0.6) is 5.75 Å². The lowest BCUT2D eigenvalue weighted by molar-refractivity contribution is -0.111. The van der Waals surface area contributed by atoms with Crippen molar-refractivity contribution < 1.29 is 22.5 Å². The smallest absolute Gasteiger partial charge is 0.248 e. The number of hydrogen-bond donors (Lipinski definition) is 2. The number of anilines is 1. The maximum atomic E-state index is 12.9. The third-order valence-corrected chi connectivity index (χ3v) is 9.24. The summed E-state index contributed by atoms with van der Waals surface area (Å²) in [4.78, 5) is 12.9. The Kier molecular flexibility index (Phi) is 17.3. The first-order chi connectivity index (χ1) is 19.6. The van der Waals surface area contributed by atoms with E-state index in [0.29, 0.717) is 29.0 Å². The lowest BCUT2D eigenvalue weighted by Gasteiger charge is -2.32. The van der Waals surface area contributed by atoms with Crippen molar-refractivity contribution in [2.45, 2.75) is 115 Å². The SMILES string of the molecule is CCCCCCCCCCCCCCCc1c(C(C)(C)S(=O)(=O)[O-])ccc(OC)c1NC(=O)C=Cc1ccccc1.[NH4+]. The van der Waals surface area contributed by atoms with Crippen molar-refractivity contribution in [2.24, 2.45) is 0 Å². The van der Waals surface area contributed by atoms with Gasteiger partial charge in [-0.25, -0.2) is 8.42 Å². The van der Waals surface area contributed by atoms with Crippen LogP contribution in [-0.2, 0) is 26.1 Å². The molecule has 0 atom stereocenters. The minimum Gasteiger partial charge on any atom is -0.747 e. The number of carbonyl (C=O) groups is 1. The van der Waals surface area contributed by atoms with Gasteiger partial charge in [-0.2, -0.15) is 0 Å². The van der Waals surface area contributed by atoms with Crippen LogP contribution >= 0.6 is 0 Å². The minimum absolute atomic E-state index is 0. The highest BCUT2D eigenvalue weighted by molar-refractivity contribution is 7.86. The van der Waals surface area contributed by atoms with Crippen molar-refractivity contribution >= 4 is 27.8 Å². The zero-order valence-electron chi connectivity index (χ0n) is 26.5. The Morgan fingerprint density at radius 1 is 0.857 bits per heavy atom. The number of methoxy groups -OCH3 is 1. The molecule has 42 heavy (non-hydrogen) atoms. The van der Waals surface area contributed by atoms with Gasteiger partial charge in [0.05, 0.1) is 17.5 Å². The van der Waals surface area contributed by atoms with Crippen LogP contribution < -0.4 is 16.2 Å². The van der Waals surface area contributed by atoms with Gasteiger partial charge in [0.15, 0.2) is 0 Å². The predicted octanol–water partition coefficient (Wildman–Crippen LogP) is 9.14. The van der Waals surface area contributed by atoms with Crippen molar-refractivity contribution in [2.75, 3.05) is 12.4 Å². The molecule has 2 aromatic carbocycles. The van der Waals surface area contributed by atoms with Gasteiger partial charge in [-0.3, -0.25) is 4.79 Å². The lowest BCUT2D eigenvalue weighted by atomic mass is 9.90. The first kappa shape index (κ1) is 37.3. The minimum atomic E-state index is -4.66. The fraction of sp³-hybridized carbons (Fsp3) is 0.559. The summed E-state index contributed by atoms with van der Waals surface area (Å²) in [5.74, 6) is 0.0673. The van der Waals surface area contributed by atoms with Crippen LogP contribution in [0.2, 0.25) is 0 Å². The number of hydrogen-bond acceptors (Lipinski definition) is 5. The second-order valence-corrected chi connectivity index (χ2v) is 13.3. The predicted molar refractivity (Wildman–Crippen MR) is 175 cm³/mol. The standard InChI is InChI=1S/C34H51NO5S.H3N/c1-5-6-7-8-9-10-11-12-13-14-15-16-20-23-29-30(34(2,3)41(37,38)39)25-26-31(40-4)33(29)35-32(36)27-24-28-21-18-17-19-22-28;/h17-19,21-22,24-27H,5-16,20,23H2,1-4H3,(H,35,36)(H,37,38,39);1H3. The van der Waals surface area contributed by atoms with Crippen molar-refractivity contribution in [3.8, 4) is 5.75 Å². The van der Waals surface area contributed by atoms with Crippen LogP contribution in [0.3, 0.4) is 0 Å². The molecule has 0 saturated carbocycles. The molecular weight excluding hydrogens is 548 g/mol. The number of unbranched alkanes of at least 4 members (excludes halogenated alkanes) is 12. The molecule has 5 N–H and O–H groups in total. The average Bonchev–Trinajstić information content (AvgIpc) is 2.94. The van der Waals surface area contributed by atoms with Crippen LogP contribution in [0, 0.1) is 0 Å². The second-order valence-electron chi connectivity index (χ2n) is 11.4. The van der Waals surface area contributed by atoms with Crippen LogP contribution in [0.1, 0.15) is 121 Å². The van der Waals surface area contributed by atoms with Gasteiger partial charge in [0.1, 0.15) is 15.9 Å². The highest BCUT2D eigenvalue weighted by Gasteiger charge is 2.32. The van der Waals surface area contributed by atoms with Gasteiger partial charge in [0, 0.05) is 6.08 Å². The normalized spacial score (nSPS) is 11.8. The Labute approximate surface area is 254 Å². The molecule has 8 heteroatoms. The number of amides is 1. The Morgan fingerprint density at radius 2 is 1.38 bits per heavy atom. The van der Waals surface area contributed by atoms with E-state index in [9.17, 15) is 17.8 Å². The van der Waals surface area contributed by atoms with Gasteiger partial charge in [-0.05, 0) is 55.5 Å². The van der Waals surface area contributed by atoms with Crippen molar-refractivity contribution in [1.82, 2.24) is 6.15 Å². The molecular formula is C34H54N2O5S. The Balaban J connectivity index is 0.00000882. The fourth-order valence-electron chi connectivity index (χ4n) is 5.11. The highest BCUT2D eigenvalue weighted by atomic mass is 32.2. The molecule has 0 heterocycles. The largest absolute Gasteiger partial charge is 0.747 e. The van der Waals surface area contributed by atoms with E-state index in [2.05, 4.69) is 12.2 Å². The summed E-state index contributed by atoms with van der Waals surface area (Å²) in [6, 6.07) is 12.7. The molecule has 0 unspecified atom stereocenters. The topological polar surface area (TPSA) is 132 Å². The second kappa shape index (κ2) is 19.5. The molecule has 0 aliphatic heterocycles. The quantitative estimate of drug-likeness (QED) is 0.0886. The van der Waals surface area contributed by atoms with Gasteiger partial charge in [-0.15, -0.1) is 0 Å². The van der Waals surface area contributed by atoms with E-state index in [0.717, 1.165) is 24.8 Å². The molecule has 0 saturated heterocycles. The van der Waals surface area contributed by atoms with Crippen LogP contribution in [0.25, 0.3) is 6.08 Å². The third kappa shape index (κ3) is 12.3. The first-order valence-corrected chi connectivity index (χ1v) is 16.7.